The maximum atomic E-state index is 12.0. The number of anilines is 1. The molecular formula is C21H27ClN2O3. The zero-order valence-corrected chi connectivity index (χ0v) is 17.1. The molecule has 0 saturated carbocycles. The number of hydrogen-bond acceptors (Lipinski definition) is 4. The Labute approximate surface area is 166 Å². The first-order chi connectivity index (χ1) is 12.9. The second kappa shape index (κ2) is 10.1. The molecule has 0 heterocycles. The number of methoxy groups -OCH3 is 2. The fourth-order valence-corrected chi connectivity index (χ4v) is 3.30. The quantitative estimate of drug-likeness (QED) is 0.675. The van der Waals surface area contributed by atoms with Crippen molar-refractivity contribution < 1.29 is 14.3 Å². The van der Waals surface area contributed by atoms with Crippen molar-refractivity contribution in [2.45, 2.75) is 26.7 Å². The van der Waals surface area contributed by atoms with Crippen LogP contribution in [0.1, 0.15) is 23.1 Å². The van der Waals surface area contributed by atoms with E-state index < -0.39 is 0 Å². The molecule has 0 aliphatic heterocycles. The molecule has 0 saturated heterocycles. The molecule has 2 N–H and O–H groups in total. The van der Waals surface area contributed by atoms with Gasteiger partial charge in [0.1, 0.15) is 0 Å². The minimum absolute atomic E-state index is 0.00358. The third-order valence-corrected chi connectivity index (χ3v) is 4.57. The van der Waals surface area contributed by atoms with E-state index in [0.717, 1.165) is 28.8 Å². The van der Waals surface area contributed by atoms with E-state index in [-0.39, 0.29) is 5.91 Å². The first kappa shape index (κ1) is 20.9. The van der Waals surface area contributed by atoms with Crippen molar-refractivity contribution in [3.63, 3.8) is 0 Å². The van der Waals surface area contributed by atoms with Gasteiger partial charge in [0.2, 0.25) is 5.91 Å². The van der Waals surface area contributed by atoms with Gasteiger partial charge in [-0.3, -0.25) is 4.79 Å². The van der Waals surface area contributed by atoms with Gasteiger partial charge in [-0.1, -0.05) is 23.7 Å². The summed E-state index contributed by atoms with van der Waals surface area (Å²) in [6, 6.07) is 9.75. The molecule has 27 heavy (non-hydrogen) atoms. The van der Waals surface area contributed by atoms with Gasteiger partial charge in [0.05, 0.1) is 24.9 Å². The van der Waals surface area contributed by atoms with Crippen LogP contribution in [0, 0.1) is 13.8 Å². The molecule has 0 spiro atoms. The number of carbonyl (C=O) groups is 1. The summed E-state index contributed by atoms with van der Waals surface area (Å²) < 4.78 is 10.5. The van der Waals surface area contributed by atoms with Crippen molar-refractivity contribution in [3.05, 3.63) is 52.0 Å². The lowest BCUT2D eigenvalue weighted by Crippen LogP contribution is -2.27. The Bertz CT molecular complexity index is 770. The van der Waals surface area contributed by atoms with Gasteiger partial charge in [0.25, 0.3) is 0 Å². The minimum atomic E-state index is 0.00358. The van der Waals surface area contributed by atoms with E-state index in [1.54, 1.807) is 14.2 Å². The van der Waals surface area contributed by atoms with Gasteiger partial charge in [-0.15, -0.1) is 0 Å². The van der Waals surface area contributed by atoms with E-state index in [2.05, 4.69) is 16.7 Å². The van der Waals surface area contributed by atoms with Crippen molar-refractivity contribution in [1.82, 2.24) is 5.32 Å². The summed E-state index contributed by atoms with van der Waals surface area (Å²) in [6.45, 7) is 5.11. The topological polar surface area (TPSA) is 59.6 Å². The molecule has 146 valence electrons. The smallest absolute Gasteiger partial charge is 0.221 e. The van der Waals surface area contributed by atoms with Gasteiger partial charge in [-0.25, -0.2) is 0 Å². The van der Waals surface area contributed by atoms with Crippen LogP contribution in [0.3, 0.4) is 0 Å². The Morgan fingerprint density at radius 3 is 2.44 bits per heavy atom. The third-order valence-electron chi connectivity index (χ3n) is 4.27. The average Bonchev–Trinajstić information content (AvgIpc) is 2.63. The van der Waals surface area contributed by atoms with Crippen molar-refractivity contribution in [2.75, 3.05) is 32.6 Å². The molecule has 0 fully saturated rings. The monoisotopic (exact) mass is 390 g/mol. The van der Waals surface area contributed by atoms with Gasteiger partial charge in [0.15, 0.2) is 11.5 Å². The van der Waals surface area contributed by atoms with Crippen LogP contribution in [-0.4, -0.2) is 33.2 Å². The number of benzene rings is 2. The van der Waals surface area contributed by atoms with Crippen LogP contribution in [0.4, 0.5) is 5.69 Å². The third kappa shape index (κ3) is 6.07. The van der Waals surface area contributed by atoms with Crippen LogP contribution in [0.5, 0.6) is 11.5 Å². The van der Waals surface area contributed by atoms with E-state index in [9.17, 15) is 4.79 Å². The molecule has 0 aliphatic carbocycles. The molecule has 1 amide bonds. The maximum absolute atomic E-state index is 12.0. The molecule has 0 atom stereocenters. The first-order valence-electron chi connectivity index (χ1n) is 8.92. The zero-order chi connectivity index (χ0) is 19.8. The van der Waals surface area contributed by atoms with Gasteiger partial charge in [-0.2, -0.15) is 0 Å². The summed E-state index contributed by atoms with van der Waals surface area (Å²) >= 11 is 6.27. The normalized spacial score (nSPS) is 10.4. The summed E-state index contributed by atoms with van der Waals surface area (Å²) in [4.78, 5) is 12.0. The number of halogens is 1. The zero-order valence-electron chi connectivity index (χ0n) is 16.3. The lowest BCUT2D eigenvalue weighted by Gasteiger charge is -2.13. The fraction of sp³-hybridized carbons (Fsp3) is 0.381. The van der Waals surface area contributed by atoms with Crippen molar-refractivity contribution >= 4 is 23.2 Å². The number of ether oxygens (including phenoxy) is 2. The molecule has 2 aromatic carbocycles. The van der Waals surface area contributed by atoms with Gasteiger partial charge < -0.3 is 20.1 Å². The Balaban J connectivity index is 1.76. The largest absolute Gasteiger partial charge is 0.493 e. The van der Waals surface area contributed by atoms with E-state index in [1.807, 2.05) is 38.1 Å². The number of hydrogen-bond donors (Lipinski definition) is 2. The molecule has 0 aromatic heterocycles. The first-order valence-corrected chi connectivity index (χ1v) is 9.30. The number of amides is 1. The highest BCUT2D eigenvalue weighted by atomic mass is 35.5. The van der Waals surface area contributed by atoms with Gasteiger partial charge >= 0.3 is 0 Å². The maximum Gasteiger partial charge on any atom is 0.221 e. The summed E-state index contributed by atoms with van der Waals surface area (Å²) in [5.41, 5.74) is 4.17. The molecule has 2 rings (SSSR count). The van der Waals surface area contributed by atoms with Crippen LogP contribution in [0.25, 0.3) is 0 Å². The van der Waals surface area contributed by atoms with Crippen molar-refractivity contribution in [3.8, 4) is 11.5 Å². The number of carbonyl (C=O) groups excluding carboxylic acids is 1. The lowest BCUT2D eigenvalue weighted by atomic mass is 10.1. The molecule has 0 bridgehead atoms. The van der Waals surface area contributed by atoms with E-state index >= 15 is 0 Å². The fourth-order valence-electron chi connectivity index (χ4n) is 2.91. The highest BCUT2D eigenvalue weighted by Gasteiger charge is 2.08. The molecule has 2 aromatic rings. The molecule has 0 aliphatic rings. The standard InChI is InChI=1S/C21H27ClN2O3/c1-14-11-15(2)21(17(22)12-14)24-10-8-20(25)23-9-7-16-5-6-18(26-3)19(13-16)27-4/h5-6,11-13,24H,7-10H2,1-4H3,(H,23,25). The summed E-state index contributed by atoms with van der Waals surface area (Å²) in [5, 5.41) is 6.87. The predicted molar refractivity (Wildman–Crippen MR) is 110 cm³/mol. The van der Waals surface area contributed by atoms with Crippen LogP contribution in [-0.2, 0) is 11.2 Å². The second-order valence-electron chi connectivity index (χ2n) is 6.40. The van der Waals surface area contributed by atoms with Crippen molar-refractivity contribution in [1.29, 1.82) is 0 Å². The highest BCUT2D eigenvalue weighted by Crippen LogP contribution is 2.28. The Morgan fingerprint density at radius 1 is 1.04 bits per heavy atom. The molecular weight excluding hydrogens is 364 g/mol. The molecule has 0 unspecified atom stereocenters. The van der Waals surface area contributed by atoms with Crippen LogP contribution >= 0.6 is 11.6 Å². The Kier molecular flexibility index (Phi) is 7.80. The van der Waals surface area contributed by atoms with E-state index in [4.69, 9.17) is 21.1 Å². The van der Waals surface area contributed by atoms with E-state index in [0.29, 0.717) is 36.0 Å². The molecule has 5 nitrogen and oxygen atoms in total. The molecule has 0 radical (unpaired) electrons. The number of rotatable bonds is 9. The number of aryl methyl sites for hydroxylation is 2. The summed E-state index contributed by atoms with van der Waals surface area (Å²) in [6.07, 6.45) is 1.11. The Hall–Kier alpha value is -2.40. The summed E-state index contributed by atoms with van der Waals surface area (Å²) in [7, 11) is 3.22. The predicted octanol–water partition coefficient (Wildman–Crippen LogP) is 4.13. The minimum Gasteiger partial charge on any atom is -0.493 e. The van der Waals surface area contributed by atoms with E-state index in [1.165, 1.54) is 0 Å². The van der Waals surface area contributed by atoms with Gasteiger partial charge in [-0.05, 0) is 55.2 Å². The van der Waals surface area contributed by atoms with Gasteiger partial charge in [0, 0.05) is 19.5 Å². The number of nitrogens with one attached hydrogen (secondary N) is 2. The molecule has 6 heteroatoms. The lowest BCUT2D eigenvalue weighted by molar-refractivity contribution is -0.120. The SMILES string of the molecule is COc1ccc(CCNC(=O)CCNc2c(C)cc(C)cc2Cl)cc1OC. The van der Waals surface area contributed by atoms with Crippen LogP contribution in [0.2, 0.25) is 5.02 Å². The summed E-state index contributed by atoms with van der Waals surface area (Å²) in [5.74, 6) is 1.39. The average molecular weight is 391 g/mol. The van der Waals surface area contributed by atoms with Crippen molar-refractivity contribution in [2.24, 2.45) is 0 Å². The highest BCUT2D eigenvalue weighted by molar-refractivity contribution is 6.33. The van der Waals surface area contributed by atoms with Crippen LogP contribution < -0.4 is 20.1 Å². The van der Waals surface area contributed by atoms with Crippen LogP contribution in [0.15, 0.2) is 30.3 Å². The Morgan fingerprint density at radius 2 is 1.78 bits per heavy atom. The second-order valence-corrected chi connectivity index (χ2v) is 6.81.